The van der Waals surface area contributed by atoms with Gasteiger partial charge in [-0.1, -0.05) is 17.9 Å². The predicted molar refractivity (Wildman–Crippen MR) is 62.0 cm³/mol. The fourth-order valence-electron chi connectivity index (χ4n) is 1.21. The number of Topliss-reactive ketones (excluding diaryl/α,β-unsaturated/α-hetero) is 1. The zero-order valence-corrected chi connectivity index (χ0v) is 9.63. The quantitative estimate of drug-likeness (QED) is 0.621. The molecule has 0 spiro atoms. The van der Waals surface area contributed by atoms with Crippen LogP contribution in [0.4, 0.5) is 4.39 Å². The van der Waals surface area contributed by atoms with Crippen LogP contribution >= 0.6 is 0 Å². The largest absolute Gasteiger partial charge is 0.345 e. The molecule has 1 aromatic carbocycles. The Labute approximate surface area is 99.0 Å². The summed E-state index contributed by atoms with van der Waals surface area (Å²) in [6.07, 6.45) is 0. The Kier molecular flexibility index (Phi) is 4.41. The summed E-state index contributed by atoms with van der Waals surface area (Å²) >= 11 is 0. The molecule has 88 valence electrons. The van der Waals surface area contributed by atoms with Crippen LogP contribution in [-0.4, -0.2) is 18.2 Å². The van der Waals surface area contributed by atoms with Crippen molar-refractivity contribution in [2.24, 2.45) is 0 Å². The minimum Gasteiger partial charge on any atom is -0.345 e. The molecule has 0 atom stereocenters. The van der Waals surface area contributed by atoms with Crippen molar-refractivity contribution in [3.63, 3.8) is 0 Å². The lowest BCUT2D eigenvalue weighted by atomic mass is 10.1. The fourth-order valence-corrected chi connectivity index (χ4v) is 1.21. The molecule has 1 N–H and O–H groups in total. The Morgan fingerprint density at radius 1 is 1.35 bits per heavy atom. The highest BCUT2D eigenvalue weighted by Gasteiger charge is 2.09. The molecule has 0 fully saturated rings. The molecular formula is C13H12FNO2. The molecule has 0 aliphatic carbocycles. The van der Waals surface area contributed by atoms with E-state index in [2.05, 4.69) is 17.2 Å². The molecule has 0 bridgehead atoms. The van der Waals surface area contributed by atoms with Gasteiger partial charge < -0.3 is 5.32 Å². The molecule has 4 heteroatoms. The zero-order chi connectivity index (χ0) is 12.8. The van der Waals surface area contributed by atoms with Gasteiger partial charge in [-0.15, -0.1) is 0 Å². The molecule has 0 aliphatic heterocycles. The Morgan fingerprint density at radius 3 is 2.65 bits per heavy atom. The van der Waals surface area contributed by atoms with Gasteiger partial charge >= 0.3 is 0 Å². The Balaban J connectivity index is 2.88. The maximum absolute atomic E-state index is 13.7. The average Bonchev–Trinajstić information content (AvgIpc) is 2.25. The molecule has 0 aliphatic rings. The molecule has 1 aromatic rings. The second-order valence-corrected chi connectivity index (χ2v) is 3.43. The molecule has 0 aromatic heterocycles. The first-order valence-corrected chi connectivity index (χ1v) is 5.05. The number of amides is 1. The zero-order valence-electron chi connectivity index (χ0n) is 9.63. The Hall–Kier alpha value is -2.15. The maximum Gasteiger partial charge on any atom is 0.217 e. The number of hydrogen-bond acceptors (Lipinski definition) is 2. The summed E-state index contributed by atoms with van der Waals surface area (Å²) in [6.45, 7) is 2.82. The number of ketones is 1. The normalized spacial score (nSPS) is 9.12. The molecule has 0 saturated carbocycles. The van der Waals surface area contributed by atoms with Crippen molar-refractivity contribution in [2.45, 2.75) is 13.8 Å². The van der Waals surface area contributed by atoms with Crippen molar-refractivity contribution in [3.05, 3.63) is 35.1 Å². The summed E-state index contributed by atoms with van der Waals surface area (Å²) in [5.74, 6) is 4.03. The van der Waals surface area contributed by atoms with E-state index in [9.17, 15) is 14.0 Å². The minimum atomic E-state index is -0.615. The number of carbonyl (C=O) groups is 2. The third kappa shape index (κ3) is 3.72. The molecule has 1 amide bonds. The van der Waals surface area contributed by atoms with E-state index < -0.39 is 5.82 Å². The van der Waals surface area contributed by atoms with Crippen LogP contribution in [0.15, 0.2) is 18.2 Å². The van der Waals surface area contributed by atoms with E-state index in [4.69, 9.17) is 0 Å². The highest BCUT2D eigenvalue weighted by Crippen LogP contribution is 2.12. The van der Waals surface area contributed by atoms with Gasteiger partial charge in [0, 0.05) is 6.92 Å². The van der Waals surface area contributed by atoms with E-state index in [0.717, 1.165) is 0 Å². The highest BCUT2D eigenvalue weighted by molar-refractivity contribution is 5.94. The van der Waals surface area contributed by atoms with Crippen molar-refractivity contribution >= 4 is 11.7 Å². The second kappa shape index (κ2) is 5.80. The lowest BCUT2D eigenvalue weighted by molar-refractivity contribution is -0.118. The van der Waals surface area contributed by atoms with E-state index >= 15 is 0 Å². The predicted octanol–water partition coefficient (Wildman–Crippen LogP) is 1.52. The number of benzene rings is 1. The number of hydrogen-bond donors (Lipinski definition) is 1. The monoisotopic (exact) mass is 233 g/mol. The first-order valence-electron chi connectivity index (χ1n) is 5.05. The van der Waals surface area contributed by atoms with Crippen LogP contribution in [0.1, 0.15) is 29.8 Å². The van der Waals surface area contributed by atoms with Gasteiger partial charge in [-0.05, 0) is 19.1 Å². The second-order valence-electron chi connectivity index (χ2n) is 3.43. The van der Waals surface area contributed by atoms with E-state index in [-0.39, 0.29) is 29.4 Å². The first kappa shape index (κ1) is 12.9. The fraction of sp³-hybridized carbons (Fsp3) is 0.231. The van der Waals surface area contributed by atoms with Gasteiger partial charge in [0.25, 0.3) is 0 Å². The van der Waals surface area contributed by atoms with Crippen LogP contribution in [0.3, 0.4) is 0 Å². The van der Waals surface area contributed by atoms with E-state index in [1.54, 1.807) is 6.07 Å². The Morgan fingerprint density at radius 2 is 2.06 bits per heavy atom. The van der Waals surface area contributed by atoms with Crippen LogP contribution in [0.25, 0.3) is 0 Å². The van der Waals surface area contributed by atoms with Gasteiger partial charge in [0.05, 0.1) is 17.7 Å². The third-order valence-corrected chi connectivity index (χ3v) is 2.03. The lowest BCUT2D eigenvalue weighted by Gasteiger charge is -2.00. The number of nitrogens with one attached hydrogen (secondary N) is 1. The topological polar surface area (TPSA) is 46.2 Å². The minimum absolute atomic E-state index is 0.0244. The van der Waals surface area contributed by atoms with Crippen molar-refractivity contribution < 1.29 is 14.0 Å². The van der Waals surface area contributed by atoms with Gasteiger partial charge in [0.2, 0.25) is 5.91 Å². The molecule has 1 rings (SSSR count). The van der Waals surface area contributed by atoms with Crippen molar-refractivity contribution in [3.8, 4) is 11.8 Å². The summed E-state index contributed by atoms with van der Waals surface area (Å²) in [5.41, 5.74) is 0.180. The van der Waals surface area contributed by atoms with Crippen molar-refractivity contribution in [2.75, 3.05) is 6.54 Å². The summed E-state index contributed by atoms with van der Waals surface area (Å²) in [6, 6.07) is 4.47. The van der Waals surface area contributed by atoms with Crippen LogP contribution in [0, 0.1) is 17.7 Å². The van der Waals surface area contributed by atoms with E-state index in [0.29, 0.717) is 0 Å². The molecule has 17 heavy (non-hydrogen) atoms. The standard InChI is InChI=1S/C13H12FNO2/c1-9(16)12-7-3-5-11(13(12)14)6-4-8-15-10(2)17/h3,5,7H,8H2,1-2H3,(H,15,17). The molecule has 0 unspecified atom stereocenters. The van der Waals surface area contributed by atoms with Crippen molar-refractivity contribution in [1.82, 2.24) is 5.32 Å². The molecule has 3 nitrogen and oxygen atoms in total. The number of rotatable bonds is 2. The highest BCUT2D eigenvalue weighted by atomic mass is 19.1. The average molecular weight is 233 g/mol. The molecule has 0 saturated heterocycles. The van der Waals surface area contributed by atoms with Crippen molar-refractivity contribution in [1.29, 1.82) is 0 Å². The first-order chi connectivity index (χ1) is 8.02. The SMILES string of the molecule is CC(=O)NCC#Cc1cccc(C(C)=O)c1F. The van der Waals surface area contributed by atoms with Crippen LogP contribution in [0.5, 0.6) is 0 Å². The lowest BCUT2D eigenvalue weighted by Crippen LogP contribution is -2.19. The van der Waals surface area contributed by atoms with Crippen LogP contribution in [0.2, 0.25) is 0 Å². The summed E-state index contributed by atoms with van der Waals surface area (Å²) in [4.78, 5) is 21.7. The molecule has 0 radical (unpaired) electrons. The third-order valence-electron chi connectivity index (χ3n) is 2.03. The van der Waals surface area contributed by atoms with Gasteiger partial charge in [-0.25, -0.2) is 4.39 Å². The van der Waals surface area contributed by atoms with Gasteiger partial charge in [0.15, 0.2) is 5.78 Å². The van der Waals surface area contributed by atoms with Crippen LogP contribution in [-0.2, 0) is 4.79 Å². The number of carbonyl (C=O) groups excluding carboxylic acids is 2. The van der Waals surface area contributed by atoms with Gasteiger partial charge in [-0.3, -0.25) is 9.59 Å². The summed E-state index contributed by atoms with van der Waals surface area (Å²) in [5, 5.41) is 2.47. The Bertz CT molecular complexity index is 512. The maximum atomic E-state index is 13.7. The van der Waals surface area contributed by atoms with Gasteiger partial charge in [-0.2, -0.15) is 0 Å². The van der Waals surface area contributed by atoms with Crippen LogP contribution < -0.4 is 5.32 Å². The smallest absolute Gasteiger partial charge is 0.217 e. The van der Waals surface area contributed by atoms with Gasteiger partial charge in [0.1, 0.15) is 5.82 Å². The number of halogens is 1. The van der Waals surface area contributed by atoms with E-state index in [1.165, 1.54) is 26.0 Å². The summed E-state index contributed by atoms with van der Waals surface area (Å²) in [7, 11) is 0. The van der Waals surface area contributed by atoms with E-state index in [1.807, 2.05) is 0 Å². The molecular weight excluding hydrogens is 221 g/mol. The molecule has 0 heterocycles. The summed E-state index contributed by atoms with van der Waals surface area (Å²) < 4.78 is 13.7.